The van der Waals surface area contributed by atoms with Crippen LogP contribution in [0.25, 0.3) is 0 Å². The smallest absolute Gasteiger partial charge is 0.236 e. The molecule has 0 aromatic carbocycles. The molecule has 0 bridgehead atoms. The Labute approximate surface area is 157 Å². The van der Waals surface area contributed by atoms with E-state index in [1.54, 1.807) is 16.2 Å². The highest BCUT2D eigenvalue weighted by Crippen LogP contribution is 2.23. The first kappa shape index (κ1) is 18.6. The average Bonchev–Trinajstić information content (AvgIpc) is 3.01. The summed E-state index contributed by atoms with van der Waals surface area (Å²) in [6.07, 6.45) is 1.65. The summed E-state index contributed by atoms with van der Waals surface area (Å²) in [6.45, 7) is 6.25. The number of hydrogen-bond donors (Lipinski definition) is 1. The van der Waals surface area contributed by atoms with Crippen molar-refractivity contribution in [2.45, 2.75) is 19.4 Å². The van der Waals surface area contributed by atoms with Crippen molar-refractivity contribution in [2.75, 3.05) is 45.8 Å². The Morgan fingerprint density at radius 3 is 2.52 bits per heavy atom. The minimum atomic E-state index is -0.292. The number of halogens is 1. The molecule has 2 N–H and O–H groups in total. The average molecular weight is 385 g/mol. The lowest BCUT2D eigenvalue weighted by Crippen LogP contribution is -2.51. The second-order valence-electron chi connectivity index (χ2n) is 6.84. The summed E-state index contributed by atoms with van der Waals surface area (Å²) in [7, 11) is 0. The van der Waals surface area contributed by atoms with Gasteiger partial charge in [0.2, 0.25) is 11.8 Å². The largest absolute Gasteiger partial charge is 0.369 e. The van der Waals surface area contributed by atoms with Crippen LogP contribution in [0.3, 0.4) is 0 Å². The van der Waals surface area contributed by atoms with Gasteiger partial charge in [0, 0.05) is 50.7 Å². The van der Waals surface area contributed by atoms with E-state index in [1.165, 1.54) is 4.88 Å². The molecule has 2 saturated heterocycles. The molecule has 1 unspecified atom stereocenters. The van der Waals surface area contributed by atoms with Gasteiger partial charge in [-0.25, -0.2) is 0 Å². The van der Waals surface area contributed by atoms with Crippen molar-refractivity contribution in [3.63, 3.8) is 0 Å². The Balaban J connectivity index is 1.42. The molecule has 3 rings (SSSR count). The number of amides is 2. The molecule has 0 radical (unpaired) electrons. The Kier molecular flexibility index (Phi) is 6.33. The van der Waals surface area contributed by atoms with Gasteiger partial charge in [0.15, 0.2) is 0 Å². The summed E-state index contributed by atoms with van der Waals surface area (Å²) in [5, 5.41) is 0. The van der Waals surface area contributed by atoms with Crippen LogP contribution in [0, 0.1) is 5.92 Å². The van der Waals surface area contributed by atoms with Crippen molar-refractivity contribution in [1.29, 1.82) is 0 Å². The van der Waals surface area contributed by atoms with Crippen LogP contribution in [-0.4, -0.2) is 72.3 Å². The molecule has 2 fully saturated rings. The predicted octanol–water partition coefficient (Wildman–Crippen LogP) is 1.24. The van der Waals surface area contributed by atoms with Crippen LogP contribution in [0.15, 0.2) is 12.1 Å². The molecule has 3 heterocycles. The highest BCUT2D eigenvalue weighted by atomic mass is 35.5. The SMILES string of the molecule is NC(=O)C1CCCN(C(=O)CN2CCN(Cc3ccc(Cl)s3)CC2)C1. The fourth-order valence-electron chi connectivity index (χ4n) is 3.49. The molecule has 1 aromatic rings. The highest BCUT2D eigenvalue weighted by molar-refractivity contribution is 7.16. The molecule has 1 atom stereocenters. The molecule has 6 nitrogen and oxygen atoms in total. The number of piperidine rings is 1. The number of thiophene rings is 1. The van der Waals surface area contributed by atoms with Crippen LogP contribution in [-0.2, 0) is 16.1 Å². The monoisotopic (exact) mass is 384 g/mol. The van der Waals surface area contributed by atoms with Gasteiger partial charge in [0.1, 0.15) is 0 Å². The van der Waals surface area contributed by atoms with Gasteiger partial charge in [-0.15, -0.1) is 11.3 Å². The Hall–Kier alpha value is -1.15. The van der Waals surface area contributed by atoms with Gasteiger partial charge in [-0.05, 0) is 25.0 Å². The molecule has 2 aliphatic heterocycles. The Morgan fingerprint density at radius 1 is 1.16 bits per heavy atom. The van der Waals surface area contributed by atoms with Gasteiger partial charge < -0.3 is 10.6 Å². The first-order chi connectivity index (χ1) is 12.0. The lowest BCUT2D eigenvalue weighted by atomic mass is 9.97. The normalized spacial score (nSPS) is 22.9. The van der Waals surface area contributed by atoms with Crippen molar-refractivity contribution in [1.82, 2.24) is 14.7 Å². The highest BCUT2D eigenvalue weighted by Gasteiger charge is 2.28. The molecular formula is C17H25ClN4O2S. The second kappa shape index (κ2) is 8.49. The third-order valence-electron chi connectivity index (χ3n) is 5.01. The van der Waals surface area contributed by atoms with Crippen LogP contribution in [0.1, 0.15) is 17.7 Å². The van der Waals surface area contributed by atoms with Gasteiger partial charge in [-0.1, -0.05) is 11.6 Å². The predicted molar refractivity (Wildman–Crippen MR) is 99.5 cm³/mol. The molecule has 2 aliphatic rings. The Morgan fingerprint density at radius 2 is 1.88 bits per heavy atom. The van der Waals surface area contributed by atoms with E-state index in [1.807, 2.05) is 6.07 Å². The summed E-state index contributed by atoms with van der Waals surface area (Å²) in [5.74, 6) is -0.364. The maximum Gasteiger partial charge on any atom is 0.236 e. The number of nitrogens with zero attached hydrogens (tertiary/aromatic N) is 3. The van der Waals surface area contributed by atoms with E-state index < -0.39 is 0 Å². The van der Waals surface area contributed by atoms with Crippen molar-refractivity contribution >= 4 is 34.8 Å². The van der Waals surface area contributed by atoms with E-state index in [9.17, 15) is 9.59 Å². The number of carbonyl (C=O) groups is 2. The molecule has 0 spiro atoms. The zero-order chi connectivity index (χ0) is 17.8. The lowest BCUT2D eigenvalue weighted by molar-refractivity contribution is -0.136. The number of piperazine rings is 1. The van der Waals surface area contributed by atoms with E-state index in [4.69, 9.17) is 17.3 Å². The third kappa shape index (κ3) is 5.17. The summed E-state index contributed by atoms with van der Waals surface area (Å²) in [6, 6.07) is 4.02. The molecule has 0 aliphatic carbocycles. The van der Waals surface area contributed by atoms with E-state index in [0.29, 0.717) is 13.1 Å². The van der Waals surface area contributed by atoms with Crippen molar-refractivity contribution in [3.05, 3.63) is 21.3 Å². The molecular weight excluding hydrogens is 360 g/mol. The summed E-state index contributed by atoms with van der Waals surface area (Å²) >= 11 is 7.61. The van der Waals surface area contributed by atoms with Crippen molar-refractivity contribution < 1.29 is 9.59 Å². The number of rotatable bonds is 5. The third-order valence-corrected chi connectivity index (χ3v) is 6.22. The zero-order valence-corrected chi connectivity index (χ0v) is 15.9. The fourth-order valence-corrected chi connectivity index (χ4v) is 4.62. The lowest BCUT2D eigenvalue weighted by Gasteiger charge is -2.36. The van der Waals surface area contributed by atoms with Crippen LogP contribution in [0.5, 0.6) is 0 Å². The Bertz CT molecular complexity index is 616. The molecule has 0 saturated carbocycles. The van der Waals surface area contributed by atoms with Gasteiger partial charge in [0.25, 0.3) is 0 Å². The van der Waals surface area contributed by atoms with Crippen molar-refractivity contribution in [3.8, 4) is 0 Å². The molecule has 25 heavy (non-hydrogen) atoms. The van der Waals surface area contributed by atoms with Gasteiger partial charge in [-0.3, -0.25) is 19.4 Å². The summed E-state index contributed by atoms with van der Waals surface area (Å²) < 4.78 is 0.829. The van der Waals surface area contributed by atoms with E-state index in [2.05, 4.69) is 15.9 Å². The first-order valence-corrected chi connectivity index (χ1v) is 9.97. The summed E-state index contributed by atoms with van der Waals surface area (Å²) in [5.41, 5.74) is 5.39. The topological polar surface area (TPSA) is 69.9 Å². The van der Waals surface area contributed by atoms with Gasteiger partial charge >= 0.3 is 0 Å². The molecule has 2 amide bonds. The van der Waals surface area contributed by atoms with Crippen LogP contribution in [0.4, 0.5) is 0 Å². The minimum Gasteiger partial charge on any atom is -0.369 e. The number of primary amides is 1. The number of nitrogens with two attached hydrogens (primary N) is 1. The standard InChI is InChI=1S/C17H25ClN4O2S/c18-15-4-3-14(25-15)11-20-6-8-21(9-7-20)12-16(23)22-5-1-2-13(10-22)17(19)24/h3-4,13H,1-2,5-12H2,(H2,19,24). The van der Waals surface area contributed by atoms with E-state index in [-0.39, 0.29) is 17.7 Å². The molecule has 8 heteroatoms. The van der Waals surface area contributed by atoms with Crippen LogP contribution < -0.4 is 5.73 Å². The zero-order valence-electron chi connectivity index (χ0n) is 14.3. The number of likely N-dealkylation sites (tertiary alicyclic amines) is 1. The second-order valence-corrected chi connectivity index (χ2v) is 8.64. The molecule has 138 valence electrons. The maximum atomic E-state index is 12.5. The maximum absolute atomic E-state index is 12.5. The van der Waals surface area contributed by atoms with Crippen molar-refractivity contribution in [2.24, 2.45) is 11.7 Å². The van der Waals surface area contributed by atoms with Crippen LogP contribution >= 0.6 is 22.9 Å². The van der Waals surface area contributed by atoms with E-state index in [0.717, 1.165) is 56.4 Å². The minimum absolute atomic E-state index is 0.115. The molecule has 1 aromatic heterocycles. The van der Waals surface area contributed by atoms with Gasteiger partial charge in [-0.2, -0.15) is 0 Å². The quantitative estimate of drug-likeness (QED) is 0.829. The van der Waals surface area contributed by atoms with Crippen LogP contribution in [0.2, 0.25) is 4.34 Å². The summed E-state index contributed by atoms with van der Waals surface area (Å²) in [4.78, 5) is 31.6. The van der Waals surface area contributed by atoms with E-state index >= 15 is 0 Å². The number of hydrogen-bond acceptors (Lipinski definition) is 5. The number of carbonyl (C=O) groups excluding carboxylic acids is 2. The van der Waals surface area contributed by atoms with Gasteiger partial charge in [0.05, 0.1) is 16.8 Å². The fraction of sp³-hybridized carbons (Fsp3) is 0.647. The first-order valence-electron chi connectivity index (χ1n) is 8.77.